The lowest BCUT2D eigenvalue weighted by Gasteiger charge is -2.12. The van der Waals surface area contributed by atoms with Gasteiger partial charge in [0.25, 0.3) is 0 Å². The van der Waals surface area contributed by atoms with E-state index in [9.17, 15) is 18.0 Å². The maximum atomic E-state index is 13.4. The Labute approximate surface area is 180 Å². The van der Waals surface area contributed by atoms with Crippen molar-refractivity contribution in [1.82, 2.24) is 15.3 Å². The number of nitrogens with zero attached hydrogens (tertiary/aromatic N) is 2. The molecule has 31 heavy (non-hydrogen) atoms. The minimum Gasteiger partial charge on any atom is -0.454 e. The molecule has 0 bridgehead atoms. The number of fused-ring (bicyclic) bond motifs is 1. The maximum absolute atomic E-state index is 13.4. The highest BCUT2D eigenvalue weighted by atomic mass is 32.2. The summed E-state index contributed by atoms with van der Waals surface area (Å²) in [5.74, 6) is 1.03. The number of nitrogens with one attached hydrogen (secondary N) is 1. The lowest BCUT2D eigenvalue weighted by molar-refractivity contribution is -0.141. The Kier molecular flexibility index (Phi) is 6.51. The van der Waals surface area contributed by atoms with E-state index in [1.165, 1.54) is 0 Å². The number of halogens is 3. The molecular weight excluding hydrogens is 435 g/mol. The third kappa shape index (κ3) is 5.59. The fraction of sp³-hybridized carbons (Fsp3) is 0.450. The molecule has 4 rings (SSSR count). The number of thioether (sulfide) groups is 1. The van der Waals surface area contributed by atoms with E-state index in [4.69, 9.17) is 14.2 Å². The summed E-state index contributed by atoms with van der Waals surface area (Å²) in [5.41, 5.74) is -0.472. The van der Waals surface area contributed by atoms with E-state index in [0.29, 0.717) is 30.2 Å². The molecule has 1 aromatic heterocycles. The summed E-state index contributed by atoms with van der Waals surface area (Å²) >= 11 is 1.00. The quantitative estimate of drug-likeness (QED) is 0.504. The molecule has 2 aliphatic rings. The second kappa shape index (κ2) is 9.31. The van der Waals surface area contributed by atoms with Gasteiger partial charge < -0.3 is 19.5 Å². The van der Waals surface area contributed by atoms with Gasteiger partial charge in [-0.25, -0.2) is 9.97 Å². The summed E-state index contributed by atoms with van der Waals surface area (Å²) in [6, 6.07) is 5.72. The number of amides is 1. The first kappa shape index (κ1) is 21.7. The molecule has 0 radical (unpaired) electrons. The maximum Gasteiger partial charge on any atom is 0.433 e. The smallest absolute Gasteiger partial charge is 0.433 e. The van der Waals surface area contributed by atoms with Crippen molar-refractivity contribution in [1.29, 1.82) is 0 Å². The van der Waals surface area contributed by atoms with Crippen LogP contribution in [0.25, 0.3) is 11.3 Å². The van der Waals surface area contributed by atoms with E-state index in [1.54, 1.807) is 18.2 Å². The predicted molar refractivity (Wildman–Crippen MR) is 106 cm³/mol. The van der Waals surface area contributed by atoms with Gasteiger partial charge in [0.2, 0.25) is 12.7 Å². The van der Waals surface area contributed by atoms with Crippen LogP contribution in [0, 0.1) is 0 Å². The second-order valence-electron chi connectivity index (χ2n) is 7.02. The third-order valence-corrected chi connectivity index (χ3v) is 5.62. The van der Waals surface area contributed by atoms with E-state index in [-0.39, 0.29) is 41.8 Å². The van der Waals surface area contributed by atoms with E-state index in [2.05, 4.69) is 15.3 Å². The molecule has 1 N–H and O–H groups in total. The molecule has 11 heteroatoms. The van der Waals surface area contributed by atoms with Crippen molar-refractivity contribution >= 4 is 17.7 Å². The zero-order valence-electron chi connectivity index (χ0n) is 16.4. The Balaban J connectivity index is 1.43. The van der Waals surface area contributed by atoms with Gasteiger partial charge in [-0.15, -0.1) is 0 Å². The van der Waals surface area contributed by atoms with Crippen molar-refractivity contribution in [3.05, 3.63) is 30.0 Å². The minimum atomic E-state index is -4.62. The van der Waals surface area contributed by atoms with Crippen LogP contribution in [0.15, 0.2) is 29.4 Å². The molecule has 0 saturated carbocycles. The van der Waals surface area contributed by atoms with Crippen molar-refractivity contribution in [2.45, 2.75) is 36.7 Å². The molecule has 1 amide bonds. The molecule has 0 aliphatic carbocycles. The van der Waals surface area contributed by atoms with Crippen LogP contribution >= 0.6 is 11.8 Å². The highest BCUT2D eigenvalue weighted by molar-refractivity contribution is 7.99. The fourth-order valence-electron chi connectivity index (χ4n) is 3.20. The molecule has 2 aromatic rings. The van der Waals surface area contributed by atoms with Crippen LogP contribution in [0.1, 0.15) is 25.0 Å². The van der Waals surface area contributed by atoms with E-state index >= 15 is 0 Å². The normalized spacial score (nSPS) is 17.7. The molecular formula is C20H20F3N3O4S. The number of aromatic nitrogens is 2. The van der Waals surface area contributed by atoms with Crippen LogP contribution in [-0.2, 0) is 15.7 Å². The lowest BCUT2D eigenvalue weighted by atomic mass is 10.1. The van der Waals surface area contributed by atoms with Crippen LogP contribution in [0.3, 0.4) is 0 Å². The molecule has 1 atom stereocenters. The number of carbonyl (C=O) groups is 1. The van der Waals surface area contributed by atoms with E-state index in [1.807, 2.05) is 0 Å². The van der Waals surface area contributed by atoms with Gasteiger partial charge in [-0.3, -0.25) is 4.79 Å². The van der Waals surface area contributed by atoms with Crippen molar-refractivity contribution in [2.75, 3.05) is 25.7 Å². The zero-order valence-corrected chi connectivity index (χ0v) is 17.2. The van der Waals surface area contributed by atoms with Gasteiger partial charge in [0.05, 0.1) is 11.8 Å². The van der Waals surface area contributed by atoms with E-state index < -0.39 is 11.9 Å². The largest absolute Gasteiger partial charge is 0.454 e. The van der Waals surface area contributed by atoms with Crippen molar-refractivity contribution in [3.63, 3.8) is 0 Å². The van der Waals surface area contributed by atoms with Gasteiger partial charge in [-0.1, -0.05) is 11.8 Å². The lowest BCUT2D eigenvalue weighted by Crippen LogP contribution is -2.31. The van der Waals surface area contributed by atoms with Gasteiger partial charge in [0.1, 0.15) is 5.69 Å². The Hall–Kier alpha value is -2.53. The second-order valence-corrected chi connectivity index (χ2v) is 8.09. The number of hydrogen-bond acceptors (Lipinski definition) is 7. The number of carbonyl (C=O) groups excluding carboxylic acids is 1. The number of hydrogen-bond donors (Lipinski definition) is 1. The predicted octanol–water partition coefficient (Wildman–Crippen LogP) is 3.67. The Morgan fingerprint density at radius 3 is 2.81 bits per heavy atom. The zero-order chi connectivity index (χ0) is 21.8. The first-order chi connectivity index (χ1) is 14.9. The number of ether oxygens (including phenoxy) is 3. The van der Waals surface area contributed by atoms with Crippen LogP contribution in [-0.4, -0.2) is 47.7 Å². The van der Waals surface area contributed by atoms with Gasteiger partial charge in [0, 0.05) is 30.9 Å². The molecule has 7 nitrogen and oxygen atoms in total. The number of rotatable bonds is 7. The SMILES string of the molecule is O=C(CCSc1nc(-c2ccc3c(c2)OCO3)cc(C(F)(F)F)n1)NCC1CCCO1. The molecule has 1 unspecified atom stereocenters. The standard InChI is InChI=1S/C20H20F3N3O4S/c21-20(22,23)17-9-14(12-3-4-15-16(8-12)30-11-29-15)25-19(26-17)31-7-5-18(27)24-10-13-2-1-6-28-13/h3-4,8-9,13H,1-2,5-7,10-11H2,(H,24,27). The van der Waals surface area contributed by atoms with Crippen molar-refractivity contribution in [3.8, 4) is 22.8 Å². The topological polar surface area (TPSA) is 82.6 Å². The van der Waals surface area contributed by atoms with Crippen molar-refractivity contribution < 1.29 is 32.2 Å². The summed E-state index contributed by atoms with van der Waals surface area (Å²) in [7, 11) is 0. The van der Waals surface area contributed by atoms with Gasteiger partial charge in [0.15, 0.2) is 16.7 Å². The van der Waals surface area contributed by atoms with Gasteiger partial charge >= 0.3 is 6.18 Å². The number of alkyl halides is 3. The molecule has 166 valence electrons. The molecule has 2 aliphatic heterocycles. The first-order valence-corrected chi connectivity index (χ1v) is 10.7. The van der Waals surface area contributed by atoms with Crippen molar-refractivity contribution in [2.24, 2.45) is 0 Å². The van der Waals surface area contributed by atoms with E-state index in [0.717, 1.165) is 30.7 Å². The summed E-state index contributed by atoms with van der Waals surface area (Å²) in [4.78, 5) is 19.9. The highest BCUT2D eigenvalue weighted by Gasteiger charge is 2.34. The van der Waals surface area contributed by atoms with Crippen LogP contribution in [0.2, 0.25) is 0 Å². The third-order valence-electron chi connectivity index (χ3n) is 4.78. The number of benzene rings is 1. The average molecular weight is 455 g/mol. The summed E-state index contributed by atoms with van der Waals surface area (Å²) in [6.07, 6.45) is -2.56. The molecule has 1 aromatic carbocycles. The van der Waals surface area contributed by atoms with Gasteiger partial charge in [-0.05, 0) is 37.1 Å². The Morgan fingerprint density at radius 2 is 2.03 bits per heavy atom. The first-order valence-electron chi connectivity index (χ1n) is 9.76. The Bertz CT molecular complexity index is 952. The monoisotopic (exact) mass is 455 g/mol. The minimum absolute atomic E-state index is 0.0349. The highest BCUT2D eigenvalue weighted by Crippen LogP contribution is 2.37. The van der Waals surface area contributed by atoms with Crippen LogP contribution in [0.4, 0.5) is 13.2 Å². The summed E-state index contributed by atoms with van der Waals surface area (Å²) in [6.45, 7) is 1.21. The average Bonchev–Trinajstić information content (AvgIpc) is 3.42. The molecule has 1 saturated heterocycles. The molecule has 3 heterocycles. The van der Waals surface area contributed by atoms with Crippen LogP contribution in [0.5, 0.6) is 11.5 Å². The Morgan fingerprint density at radius 1 is 1.19 bits per heavy atom. The fourth-order valence-corrected chi connectivity index (χ4v) is 3.99. The summed E-state index contributed by atoms with van der Waals surface area (Å²) < 4.78 is 56.1. The summed E-state index contributed by atoms with van der Waals surface area (Å²) in [5, 5.41) is 2.74. The van der Waals surface area contributed by atoms with Gasteiger partial charge in [-0.2, -0.15) is 13.2 Å². The molecule has 0 spiro atoms. The van der Waals surface area contributed by atoms with Crippen LogP contribution < -0.4 is 14.8 Å². The molecule has 1 fully saturated rings.